The van der Waals surface area contributed by atoms with Crippen molar-refractivity contribution < 1.29 is 4.79 Å². The number of amides is 1. The first kappa shape index (κ1) is 18.5. The number of aryl methyl sites for hydroxylation is 1. The van der Waals surface area contributed by atoms with Crippen molar-refractivity contribution in [2.75, 3.05) is 5.73 Å². The molecule has 0 radical (unpaired) electrons. The molecule has 0 aliphatic carbocycles. The van der Waals surface area contributed by atoms with Gasteiger partial charge in [-0.15, -0.1) is 10.2 Å². The number of nitrogens with zero attached hydrogens (tertiary/aromatic N) is 5. The number of nitrogens with one attached hydrogen (secondary N) is 1. The Morgan fingerprint density at radius 3 is 2.48 bits per heavy atom. The second-order valence-corrected chi connectivity index (χ2v) is 6.72. The predicted molar refractivity (Wildman–Crippen MR) is 103 cm³/mol. The van der Waals surface area contributed by atoms with Crippen molar-refractivity contribution in [2.45, 2.75) is 39.8 Å². The lowest BCUT2D eigenvalue weighted by molar-refractivity contribution is 0.0937. The van der Waals surface area contributed by atoms with E-state index in [0.29, 0.717) is 5.56 Å². The second kappa shape index (κ2) is 7.53. The average molecular weight is 365 g/mol. The van der Waals surface area contributed by atoms with Gasteiger partial charge in [0.1, 0.15) is 6.33 Å². The summed E-state index contributed by atoms with van der Waals surface area (Å²) in [5.74, 6) is 0.780. The molecule has 1 unspecified atom stereocenters. The number of hydrogen-bond acceptors (Lipinski definition) is 6. The molecule has 0 fully saturated rings. The number of rotatable bonds is 5. The maximum Gasteiger partial charge on any atom is 0.251 e. The molecule has 3 aromatic rings. The largest absolute Gasteiger partial charge is 0.368 e. The van der Waals surface area contributed by atoms with E-state index in [9.17, 15) is 4.79 Å². The molecular formula is C19H23N7O. The Kier molecular flexibility index (Phi) is 5.16. The summed E-state index contributed by atoms with van der Waals surface area (Å²) in [5, 5.41) is 11.0. The lowest BCUT2D eigenvalue weighted by Gasteiger charge is -2.17. The number of aromatic nitrogens is 5. The molecule has 2 aromatic heterocycles. The van der Waals surface area contributed by atoms with Crippen LogP contribution in [0.25, 0.3) is 11.3 Å². The zero-order chi connectivity index (χ0) is 19.6. The Labute approximate surface area is 157 Å². The van der Waals surface area contributed by atoms with Crippen LogP contribution < -0.4 is 11.1 Å². The van der Waals surface area contributed by atoms with Crippen molar-refractivity contribution >= 4 is 11.9 Å². The first-order valence-corrected chi connectivity index (χ1v) is 8.77. The van der Waals surface area contributed by atoms with E-state index < -0.39 is 0 Å². The van der Waals surface area contributed by atoms with Gasteiger partial charge in [-0.25, -0.2) is 9.97 Å². The van der Waals surface area contributed by atoms with Crippen LogP contribution in [0.15, 0.2) is 36.7 Å². The zero-order valence-electron chi connectivity index (χ0n) is 15.8. The lowest BCUT2D eigenvalue weighted by atomic mass is 10.1. The summed E-state index contributed by atoms with van der Waals surface area (Å²) >= 11 is 0. The quantitative estimate of drug-likeness (QED) is 0.719. The molecule has 3 rings (SSSR count). The SMILES string of the molecule is Cc1cc(-c2ccc(C(=O)NC(C)c3nncn3C(C)C)cc2)nc(N)n1. The standard InChI is InChI=1S/C19H23N7O/c1-11(2)26-10-21-25-17(26)13(4)23-18(27)15-7-5-14(6-8-15)16-9-12(3)22-19(20)24-16/h5-11,13H,1-4H3,(H,23,27)(H2,20,22,24). The first-order chi connectivity index (χ1) is 12.8. The molecule has 8 heteroatoms. The Hall–Kier alpha value is -3.29. The summed E-state index contributed by atoms with van der Waals surface area (Å²) in [6, 6.07) is 9.03. The highest BCUT2D eigenvalue weighted by molar-refractivity contribution is 5.94. The van der Waals surface area contributed by atoms with Crippen LogP contribution in [0, 0.1) is 6.92 Å². The molecule has 0 aliphatic heterocycles. The van der Waals surface area contributed by atoms with Crippen LogP contribution in [-0.4, -0.2) is 30.6 Å². The van der Waals surface area contributed by atoms with E-state index in [1.54, 1.807) is 18.5 Å². The summed E-state index contributed by atoms with van der Waals surface area (Å²) < 4.78 is 1.94. The number of anilines is 1. The molecular weight excluding hydrogens is 342 g/mol. The molecule has 0 saturated heterocycles. The van der Waals surface area contributed by atoms with Gasteiger partial charge in [0.2, 0.25) is 5.95 Å². The van der Waals surface area contributed by atoms with Crippen LogP contribution in [0.4, 0.5) is 5.95 Å². The molecule has 2 heterocycles. The summed E-state index contributed by atoms with van der Waals surface area (Å²) in [4.78, 5) is 20.9. The minimum absolute atomic E-state index is 0.175. The summed E-state index contributed by atoms with van der Waals surface area (Å²) in [5.41, 5.74) is 8.66. The number of carbonyl (C=O) groups is 1. The Balaban J connectivity index is 1.75. The molecule has 8 nitrogen and oxygen atoms in total. The van der Waals surface area contributed by atoms with Gasteiger partial charge >= 0.3 is 0 Å². The van der Waals surface area contributed by atoms with Crippen LogP contribution in [-0.2, 0) is 0 Å². The molecule has 0 saturated carbocycles. The van der Waals surface area contributed by atoms with Gasteiger partial charge in [-0.1, -0.05) is 12.1 Å². The van der Waals surface area contributed by atoms with E-state index >= 15 is 0 Å². The van der Waals surface area contributed by atoms with Gasteiger partial charge < -0.3 is 15.6 Å². The fourth-order valence-corrected chi connectivity index (χ4v) is 2.84. The van der Waals surface area contributed by atoms with Gasteiger partial charge in [-0.3, -0.25) is 4.79 Å². The molecule has 0 aliphatic rings. The van der Waals surface area contributed by atoms with E-state index in [1.807, 2.05) is 50.5 Å². The van der Waals surface area contributed by atoms with Gasteiger partial charge in [-0.05, 0) is 45.9 Å². The summed E-state index contributed by atoms with van der Waals surface area (Å²) in [7, 11) is 0. The maximum atomic E-state index is 12.6. The highest BCUT2D eigenvalue weighted by Crippen LogP contribution is 2.20. The average Bonchev–Trinajstić information content (AvgIpc) is 3.11. The number of hydrogen-bond donors (Lipinski definition) is 2. The number of nitrogens with two attached hydrogens (primary N) is 1. The van der Waals surface area contributed by atoms with Gasteiger partial charge in [0.05, 0.1) is 11.7 Å². The molecule has 1 aromatic carbocycles. The van der Waals surface area contributed by atoms with E-state index in [4.69, 9.17) is 5.73 Å². The third-order valence-electron chi connectivity index (χ3n) is 4.21. The molecule has 140 valence electrons. The third kappa shape index (κ3) is 4.11. The smallest absolute Gasteiger partial charge is 0.251 e. The molecule has 27 heavy (non-hydrogen) atoms. The van der Waals surface area contributed by atoms with Crippen LogP contribution >= 0.6 is 0 Å². The summed E-state index contributed by atoms with van der Waals surface area (Å²) in [6.07, 6.45) is 1.67. The maximum absolute atomic E-state index is 12.6. The van der Waals surface area contributed by atoms with Crippen LogP contribution in [0.5, 0.6) is 0 Å². The number of nitrogen functional groups attached to an aromatic ring is 1. The molecule has 1 atom stereocenters. The molecule has 0 spiro atoms. The zero-order valence-corrected chi connectivity index (χ0v) is 15.8. The lowest BCUT2D eigenvalue weighted by Crippen LogP contribution is -2.29. The van der Waals surface area contributed by atoms with E-state index in [-0.39, 0.29) is 23.9 Å². The van der Waals surface area contributed by atoms with Crippen LogP contribution in [0.3, 0.4) is 0 Å². The van der Waals surface area contributed by atoms with Gasteiger partial charge in [0.15, 0.2) is 5.82 Å². The number of benzene rings is 1. The summed E-state index contributed by atoms with van der Waals surface area (Å²) in [6.45, 7) is 7.84. The third-order valence-corrected chi connectivity index (χ3v) is 4.21. The highest BCUT2D eigenvalue weighted by atomic mass is 16.1. The van der Waals surface area contributed by atoms with Crippen molar-refractivity contribution in [1.82, 2.24) is 30.0 Å². The molecule has 1 amide bonds. The number of carbonyl (C=O) groups excluding carboxylic acids is 1. The van der Waals surface area contributed by atoms with Gasteiger partial charge in [0.25, 0.3) is 5.91 Å². The highest BCUT2D eigenvalue weighted by Gasteiger charge is 2.18. The first-order valence-electron chi connectivity index (χ1n) is 8.77. The van der Waals surface area contributed by atoms with Crippen molar-refractivity contribution in [3.63, 3.8) is 0 Å². The van der Waals surface area contributed by atoms with Crippen molar-refractivity contribution in [2.24, 2.45) is 0 Å². The Morgan fingerprint density at radius 2 is 1.85 bits per heavy atom. The molecule has 3 N–H and O–H groups in total. The molecule has 0 bridgehead atoms. The monoisotopic (exact) mass is 365 g/mol. The van der Waals surface area contributed by atoms with Crippen LogP contribution in [0.1, 0.15) is 54.7 Å². The second-order valence-electron chi connectivity index (χ2n) is 6.72. The minimum atomic E-state index is -0.258. The Morgan fingerprint density at radius 1 is 1.15 bits per heavy atom. The van der Waals surface area contributed by atoms with E-state index in [0.717, 1.165) is 22.8 Å². The fourth-order valence-electron chi connectivity index (χ4n) is 2.84. The van der Waals surface area contributed by atoms with Crippen molar-refractivity contribution in [3.05, 3.63) is 53.7 Å². The van der Waals surface area contributed by atoms with Gasteiger partial charge in [-0.2, -0.15) is 0 Å². The fraction of sp³-hybridized carbons (Fsp3) is 0.316. The van der Waals surface area contributed by atoms with Gasteiger partial charge in [0, 0.05) is 22.9 Å². The predicted octanol–water partition coefficient (Wildman–Crippen LogP) is 2.70. The van der Waals surface area contributed by atoms with E-state index in [2.05, 4.69) is 25.5 Å². The van der Waals surface area contributed by atoms with Crippen molar-refractivity contribution in [1.29, 1.82) is 0 Å². The van der Waals surface area contributed by atoms with Crippen LogP contribution in [0.2, 0.25) is 0 Å². The minimum Gasteiger partial charge on any atom is -0.368 e. The normalized spacial score (nSPS) is 12.2. The Bertz CT molecular complexity index is 927. The van der Waals surface area contributed by atoms with E-state index in [1.165, 1.54) is 0 Å². The van der Waals surface area contributed by atoms with Crippen molar-refractivity contribution in [3.8, 4) is 11.3 Å². The topological polar surface area (TPSA) is 112 Å².